The maximum absolute atomic E-state index is 5.10. The number of nitrogens with zero attached hydrogens (tertiary/aromatic N) is 1. The zero-order chi connectivity index (χ0) is 6.41. The van der Waals surface area contributed by atoms with Gasteiger partial charge in [0, 0.05) is 5.71 Å². The second kappa shape index (κ2) is 5.08. The Labute approximate surface area is 63.0 Å². The van der Waals surface area contributed by atoms with Crippen molar-refractivity contribution in [1.29, 1.82) is 0 Å². The summed E-state index contributed by atoms with van der Waals surface area (Å²) in [4.78, 5) is 4.05. The van der Waals surface area contributed by atoms with Crippen LogP contribution in [-0.2, 0) is 0 Å². The summed E-state index contributed by atoms with van der Waals surface area (Å²) >= 11 is 2.18. The van der Waals surface area contributed by atoms with Crippen LogP contribution in [0.15, 0.2) is 17.3 Å². The van der Waals surface area contributed by atoms with Crippen molar-refractivity contribution in [2.45, 2.75) is 6.92 Å². The van der Waals surface area contributed by atoms with Gasteiger partial charge in [-0.15, -0.1) is 0 Å². The molecule has 0 spiro atoms. The van der Waals surface area contributed by atoms with E-state index in [4.69, 9.17) is 5.73 Å². The summed E-state index contributed by atoms with van der Waals surface area (Å²) in [6.07, 6.45) is 3.27. The first-order chi connectivity index (χ1) is 3.81. The molecular formula is C5H9IN2. The third-order valence-electron chi connectivity index (χ3n) is 0.647. The van der Waals surface area contributed by atoms with Crippen LogP contribution in [0.25, 0.3) is 0 Å². The number of halogens is 1. The van der Waals surface area contributed by atoms with Crippen LogP contribution in [0.4, 0.5) is 0 Å². The summed E-state index contributed by atoms with van der Waals surface area (Å²) in [6.45, 7) is 1.92. The number of hydrogen-bond donors (Lipinski definition) is 1. The third kappa shape index (κ3) is 4.11. The maximum Gasteiger partial charge on any atom is 0.0907 e. The second-order valence-electron chi connectivity index (χ2n) is 1.28. The molecule has 0 aromatic carbocycles. The molecule has 0 amide bonds. The molecule has 0 saturated heterocycles. The molecule has 0 aliphatic rings. The second-order valence-corrected chi connectivity index (χ2v) is 1.96. The Balaban J connectivity index is 3.61. The van der Waals surface area contributed by atoms with Gasteiger partial charge in [-0.1, -0.05) is 22.6 Å². The number of allylic oxidation sites excluding steroid dienone is 1. The molecule has 0 rings (SSSR count). The van der Waals surface area contributed by atoms with Crippen LogP contribution in [0.5, 0.6) is 0 Å². The van der Waals surface area contributed by atoms with Crippen molar-refractivity contribution in [3.63, 3.8) is 0 Å². The Morgan fingerprint density at radius 3 is 2.88 bits per heavy atom. The smallest absolute Gasteiger partial charge is 0.0907 e. The van der Waals surface area contributed by atoms with E-state index in [1.54, 1.807) is 6.08 Å². The van der Waals surface area contributed by atoms with E-state index in [0.29, 0.717) is 0 Å². The van der Waals surface area contributed by atoms with Crippen molar-refractivity contribution in [2.24, 2.45) is 10.7 Å². The fraction of sp³-hybridized carbons (Fsp3) is 0.400. The zero-order valence-corrected chi connectivity index (χ0v) is 6.92. The van der Waals surface area contributed by atoms with Crippen LogP contribution < -0.4 is 5.73 Å². The number of alkyl halides is 1. The SMILES string of the molecule is CC(C=CN)=NCI. The van der Waals surface area contributed by atoms with Crippen molar-refractivity contribution in [1.82, 2.24) is 0 Å². The fourth-order valence-corrected chi connectivity index (χ4v) is 0.824. The van der Waals surface area contributed by atoms with E-state index in [2.05, 4.69) is 27.6 Å². The molecule has 0 unspecified atom stereocenters. The van der Waals surface area contributed by atoms with E-state index in [1.807, 2.05) is 6.92 Å². The van der Waals surface area contributed by atoms with Gasteiger partial charge in [0.05, 0.1) is 4.55 Å². The number of nitrogens with two attached hydrogens (primary N) is 1. The lowest BCUT2D eigenvalue weighted by atomic mass is 10.4. The van der Waals surface area contributed by atoms with Crippen molar-refractivity contribution in [3.05, 3.63) is 12.3 Å². The Hall–Kier alpha value is -0.0600. The van der Waals surface area contributed by atoms with Gasteiger partial charge in [-0.05, 0) is 19.2 Å². The number of hydrogen-bond acceptors (Lipinski definition) is 2. The largest absolute Gasteiger partial charge is 0.405 e. The van der Waals surface area contributed by atoms with Gasteiger partial charge in [-0.25, -0.2) is 0 Å². The standard InChI is InChI=1S/C5H9IN2/c1-5(2-3-7)8-4-6/h2-3H,4,7H2,1H3. The molecule has 0 heterocycles. The summed E-state index contributed by atoms with van der Waals surface area (Å²) in [5.74, 6) is 0. The predicted molar refractivity (Wildman–Crippen MR) is 45.3 cm³/mol. The molecule has 0 aliphatic carbocycles. The van der Waals surface area contributed by atoms with E-state index in [0.717, 1.165) is 10.3 Å². The fourth-order valence-electron chi connectivity index (χ4n) is 0.286. The molecule has 46 valence electrons. The summed E-state index contributed by atoms with van der Waals surface area (Å²) in [7, 11) is 0. The van der Waals surface area contributed by atoms with Gasteiger partial charge in [0.15, 0.2) is 0 Å². The molecule has 0 aliphatic heterocycles. The lowest BCUT2D eigenvalue weighted by Crippen LogP contribution is -1.87. The van der Waals surface area contributed by atoms with Crippen LogP contribution in [0.3, 0.4) is 0 Å². The van der Waals surface area contributed by atoms with Crippen LogP contribution in [-0.4, -0.2) is 10.3 Å². The van der Waals surface area contributed by atoms with Gasteiger partial charge in [-0.2, -0.15) is 0 Å². The molecule has 8 heavy (non-hydrogen) atoms. The summed E-state index contributed by atoms with van der Waals surface area (Å²) in [5.41, 5.74) is 6.07. The van der Waals surface area contributed by atoms with Crippen molar-refractivity contribution in [3.8, 4) is 0 Å². The highest BCUT2D eigenvalue weighted by Gasteiger charge is 1.76. The van der Waals surface area contributed by atoms with Gasteiger partial charge in [0.1, 0.15) is 0 Å². The minimum absolute atomic E-state index is 0.800. The molecular weight excluding hydrogens is 215 g/mol. The Morgan fingerprint density at radius 2 is 2.50 bits per heavy atom. The van der Waals surface area contributed by atoms with Gasteiger partial charge < -0.3 is 5.73 Å². The molecule has 2 nitrogen and oxygen atoms in total. The Bertz CT molecular complexity index is 107. The van der Waals surface area contributed by atoms with Crippen LogP contribution in [0.1, 0.15) is 6.92 Å². The van der Waals surface area contributed by atoms with Gasteiger partial charge in [0.25, 0.3) is 0 Å². The molecule has 2 N–H and O–H groups in total. The van der Waals surface area contributed by atoms with Gasteiger partial charge in [0.2, 0.25) is 0 Å². The van der Waals surface area contributed by atoms with E-state index < -0.39 is 0 Å². The normalized spacial score (nSPS) is 13.0. The molecule has 0 atom stereocenters. The minimum atomic E-state index is 0.800. The first-order valence-electron chi connectivity index (χ1n) is 2.26. The lowest BCUT2D eigenvalue weighted by molar-refractivity contribution is 1.40. The summed E-state index contributed by atoms with van der Waals surface area (Å²) < 4.78 is 0.800. The first kappa shape index (κ1) is 7.94. The summed E-state index contributed by atoms with van der Waals surface area (Å²) in [6, 6.07) is 0. The molecule has 3 heteroatoms. The van der Waals surface area contributed by atoms with E-state index in [-0.39, 0.29) is 0 Å². The van der Waals surface area contributed by atoms with Crippen molar-refractivity contribution < 1.29 is 0 Å². The van der Waals surface area contributed by atoms with Crippen LogP contribution >= 0.6 is 22.6 Å². The van der Waals surface area contributed by atoms with E-state index in [1.165, 1.54) is 6.20 Å². The highest BCUT2D eigenvalue weighted by Crippen LogP contribution is 1.84. The first-order valence-corrected chi connectivity index (χ1v) is 3.79. The van der Waals surface area contributed by atoms with E-state index in [9.17, 15) is 0 Å². The average molecular weight is 224 g/mol. The van der Waals surface area contributed by atoms with Gasteiger partial charge >= 0.3 is 0 Å². The highest BCUT2D eigenvalue weighted by molar-refractivity contribution is 14.1. The third-order valence-corrected chi connectivity index (χ3v) is 0.988. The number of rotatable bonds is 2. The summed E-state index contributed by atoms with van der Waals surface area (Å²) in [5, 5.41) is 0. The van der Waals surface area contributed by atoms with Crippen molar-refractivity contribution >= 4 is 28.3 Å². The van der Waals surface area contributed by atoms with E-state index >= 15 is 0 Å². The molecule has 0 bridgehead atoms. The zero-order valence-electron chi connectivity index (χ0n) is 4.76. The minimum Gasteiger partial charge on any atom is -0.405 e. The Kier molecular flexibility index (Phi) is 5.05. The average Bonchev–Trinajstić information content (AvgIpc) is 1.68. The molecule has 0 saturated carbocycles. The quantitative estimate of drug-likeness (QED) is 0.326. The highest BCUT2D eigenvalue weighted by atomic mass is 127. The molecule has 0 aromatic rings. The van der Waals surface area contributed by atoms with Crippen molar-refractivity contribution in [2.75, 3.05) is 4.55 Å². The molecule has 0 fully saturated rings. The van der Waals surface area contributed by atoms with Crippen LogP contribution in [0.2, 0.25) is 0 Å². The Morgan fingerprint density at radius 1 is 1.88 bits per heavy atom. The predicted octanol–water partition coefficient (Wildman–Crippen LogP) is 1.31. The molecule has 0 aromatic heterocycles. The monoisotopic (exact) mass is 224 g/mol. The van der Waals surface area contributed by atoms with Gasteiger partial charge in [-0.3, -0.25) is 4.99 Å². The topological polar surface area (TPSA) is 38.4 Å². The number of aliphatic imine (C=N–C) groups is 1. The molecule has 0 radical (unpaired) electrons. The maximum atomic E-state index is 5.10. The lowest BCUT2D eigenvalue weighted by Gasteiger charge is -1.84. The van der Waals surface area contributed by atoms with Crippen LogP contribution in [0, 0.1) is 0 Å².